The summed E-state index contributed by atoms with van der Waals surface area (Å²) in [6.07, 6.45) is 7.12. The lowest BCUT2D eigenvalue weighted by Gasteiger charge is -2.35. The molecule has 1 amide bonds. The zero-order valence-electron chi connectivity index (χ0n) is 12.9. The van der Waals surface area contributed by atoms with Gasteiger partial charge < -0.3 is 10.2 Å². The van der Waals surface area contributed by atoms with Crippen molar-refractivity contribution in [1.29, 1.82) is 0 Å². The highest BCUT2D eigenvalue weighted by Crippen LogP contribution is 2.21. The summed E-state index contributed by atoms with van der Waals surface area (Å²) in [5.74, 6) is 1.34. The Morgan fingerprint density at radius 2 is 1.95 bits per heavy atom. The normalized spacial score (nSPS) is 24.2. The minimum Gasteiger partial charge on any atom is -0.356 e. The number of nitrogens with one attached hydrogen (secondary N) is 1. The Morgan fingerprint density at radius 1 is 1.14 bits per heavy atom. The van der Waals surface area contributed by atoms with Crippen molar-refractivity contribution in [2.75, 3.05) is 26.2 Å². The van der Waals surface area contributed by atoms with Crippen LogP contribution in [0, 0.1) is 11.8 Å². The Hall–Kier alpha value is -1.69. The first-order chi connectivity index (χ1) is 10.7. The average molecular weight is 304 g/mol. The highest BCUT2D eigenvalue weighted by molar-refractivity contribution is 5.76. The zero-order valence-corrected chi connectivity index (χ0v) is 12.9. The van der Waals surface area contributed by atoms with Gasteiger partial charge in [0.05, 0.1) is 6.33 Å². The molecule has 1 atom stereocenters. The van der Waals surface area contributed by atoms with Crippen LogP contribution >= 0.6 is 0 Å². The molecule has 120 valence electrons. The van der Waals surface area contributed by atoms with Crippen LogP contribution in [0.3, 0.4) is 0 Å². The molecule has 0 radical (unpaired) electrons. The van der Waals surface area contributed by atoms with Gasteiger partial charge in [-0.2, -0.15) is 0 Å². The smallest absolute Gasteiger partial charge is 0.253 e. The Bertz CT molecular complexity index is 553. The number of carbonyl (C=O) groups is 1. The van der Waals surface area contributed by atoms with Crippen LogP contribution in [-0.2, 0) is 11.3 Å². The van der Waals surface area contributed by atoms with Crippen LogP contribution in [0.2, 0.25) is 0 Å². The summed E-state index contributed by atoms with van der Waals surface area (Å²) in [5.41, 5.74) is 0.0374. The standard InChI is InChI=1S/C16H24N4O2/c21-15-2-1-14(9-18-15)10-19-7-4-13(5-8-19)11-20-12-17-6-3-16(20)22/h3,6,12-14H,1-2,4-5,7-11H2,(H,18,21). The van der Waals surface area contributed by atoms with Crippen molar-refractivity contribution >= 4 is 5.91 Å². The number of rotatable bonds is 4. The first kappa shape index (κ1) is 15.2. The maximum absolute atomic E-state index is 11.7. The van der Waals surface area contributed by atoms with Crippen LogP contribution in [0.5, 0.6) is 0 Å². The molecule has 3 rings (SSSR count). The Kier molecular flexibility index (Phi) is 4.87. The van der Waals surface area contributed by atoms with Crippen LogP contribution in [-0.4, -0.2) is 46.5 Å². The van der Waals surface area contributed by atoms with Crippen molar-refractivity contribution in [3.05, 3.63) is 28.9 Å². The first-order valence-corrected chi connectivity index (χ1v) is 8.20. The van der Waals surface area contributed by atoms with Crippen molar-refractivity contribution in [3.63, 3.8) is 0 Å². The van der Waals surface area contributed by atoms with Gasteiger partial charge in [0, 0.05) is 38.3 Å². The van der Waals surface area contributed by atoms with Gasteiger partial charge in [0.2, 0.25) is 5.91 Å². The molecule has 0 aliphatic carbocycles. The van der Waals surface area contributed by atoms with Gasteiger partial charge in [-0.3, -0.25) is 14.2 Å². The van der Waals surface area contributed by atoms with E-state index in [1.807, 2.05) is 0 Å². The summed E-state index contributed by atoms with van der Waals surface area (Å²) in [5, 5.41) is 2.96. The largest absolute Gasteiger partial charge is 0.356 e. The monoisotopic (exact) mass is 304 g/mol. The quantitative estimate of drug-likeness (QED) is 0.879. The molecule has 22 heavy (non-hydrogen) atoms. The lowest BCUT2D eigenvalue weighted by atomic mass is 9.94. The molecular weight excluding hydrogens is 280 g/mol. The van der Waals surface area contributed by atoms with E-state index in [4.69, 9.17) is 0 Å². The molecule has 1 aromatic rings. The summed E-state index contributed by atoms with van der Waals surface area (Å²) in [6.45, 7) is 4.86. The maximum atomic E-state index is 11.7. The molecule has 3 heterocycles. The first-order valence-electron chi connectivity index (χ1n) is 8.20. The third-order valence-corrected chi connectivity index (χ3v) is 4.84. The number of carbonyl (C=O) groups excluding carboxylic acids is 1. The van der Waals surface area contributed by atoms with Crippen LogP contribution < -0.4 is 10.9 Å². The summed E-state index contributed by atoms with van der Waals surface area (Å²) in [4.78, 5) is 29.4. The molecule has 0 spiro atoms. The summed E-state index contributed by atoms with van der Waals surface area (Å²) in [7, 11) is 0. The van der Waals surface area contributed by atoms with Crippen molar-refractivity contribution < 1.29 is 4.79 Å². The SMILES string of the molecule is O=C1CCC(CN2CCC(Cn3cnccc3=O)CC2)CN1. The molecule has 1 unspecified atom stereocenters. The molecular formula is C16H24N4O2. The number of aromatic nitrogens is 2. The van der Waals surface area contributed by atoms with Crippen LogP contribution in [0.4, 0.5) is 0 Å². The predicted octanol–water partition coefficient (Wildman–Crippen LogP) is 0.482. The minimum absolute atomic E-state index is 0.0374. The average Bonchev–Trinajstić information content (AvgIpc) is 2.54. The highest BCUT2D eigenvalue weighted by Gasteiger charge is 2.24. The van der Waals surface area contributed by atoms with Gasteiger partial charge in [-0.25, -0.2) is 4.98 Å². The van der Waals surface area contributed by atoms with Crippen LogP contribution in [0.1, 0.15) is 25.7 Å². The van der Waals surface area contributed by atoms with Crippen molar-refractivity contribution in [2.45, 2.75) is 32.2 Å². The fourth-order valence-corrected chi connectivity index (χ4v) is 3.45. The van der Waals surface area contributed by atoms with E-state index >= 15 is 0 Å². The van der Waals surface area contributed by atoms with Gasteiger partial charge in [0.15, 0.2) is 0 Å². The lowest BCUT2D eigenvalue weighted by Crippen LogP contribution is -2.43. The van der Waals surface area contributed by atoms with E-state index < -0.39 is 0 Å². The number of nitrogens with zero attached hydrogens (tertiary/aromatic N) is 3. The van der Waals surface area contributed by atoms with Crippen molar-refractivity contribution in [2.24, 2.45) is 11.8 Å². The Labute approximate surface area is 130 Å². The zero-order chi connectivity index (χ0) is 15.4. The van der Waals surface area contributed by atoms with Gasteiger partial charge >= 0.3 is 0 Å². The van der Waals surface area contributed by atoms with E-state index in [1.54, 1.807) is 17.1 Å². The fraction of sp³-hybridized carbons (Fsp3) is 0.688. The van der Waals surface area contributed by atoms with Gasteiger partial charge in [-0.15, -0.1) is 0 Å². The Balaban J connectivity index is 1.43. The maximum Gasteiger partial charge on any atom is 0.253 e. The molecule has 0 bridgehead atoms. The molecule has 6 heteroatoms. The van der Waals surface area contributed by atoms with E-state index in [0.29, 0.717) is 18.3 Å². The minimum atomic E-state index is 0.0374. The molecule has 6 nitrogen and oxygen atoms in total. The van der Waals surface area contributed by atoms with Crippen LogP contribution in [0.25, 0.3) is 0 Å². The topological polar surface area (TPSA) is 67.2 Å². The summed E-state index contributed by atoms with van der Waals surface area (Å²) in [6, 6.07) is 1.52. The second kappa shape index (κ2) is 7.05. The Morgan fingerprint density at radius 3 is 2.64 bits per heavy atom. The molecule has 1 N–H and O–H groups in total. The third-order valence-electron chi connectivity index (χ3n) is 4.84. The van der Waals surface area contributed by atoms with Gasteiger partial charge in [0.25, 0.3) is 5.56 Å². The lowest BCUT2D eigenvalue weighted by molar-refractivity contribution is -0.123. The third kappa shape index (κ3) is 3.94. The van der Waals surface area contributed by atoms with Gasteiger partial charge in [0.1, 0.15) is 0 Å². The molecule has 2 saturated heterocycles. The number of likely N-dealkylation sites (tertiary alicyclic amines) is 1. The molecule has 2 aliphatic heterocycles. The van der Waals surface area contributed by atoms with Crippen molar-refractivity contribution in [1.82, 2.24) is 19.8 Å². The fourth-order valence-electron chi connectivity index (χ4n) is 3.45. The van der Waals surface area contributed by atoms with Gasteiger partial charge in [-0.05, 0) is 44.2 Å². The molecule has 0 aromatic carbocycles. The van der Waals surface area contributed by atoms with Gasteiger partial charge in [-0.1, -0.05) is 0 Å². The summed E-state index contributed by atoms with van der Waals surface area (Å²) >= 11 is 0. The highest BCUT2D eigenvalue weighted by atomic mass is 16.1. The van der Waals surface area contributed by atoms with E-state index in [-0.39, 0.29) is 11.5 Å². The number of hydrogen-bond acceptors (Lipinski definition) is 4. The predicted molar refractivity (Wildman–Crippen MR) is 83.4 cm³/mol. The van der Waals surface area contributed by atoms with Crippen LogP contribution in [0.15, 0.2) is 23.4 Å². The van der Waals surface area contributed by atoms with E-state index in [0.717, 1.165) is 52.0 Å². The molecule has 1 aromatic heterocycles. The second-order valence-electron chi connectivity index (χ2n) is 6.52. The van der Waals surface area contributed by atoms with E-state index in [1.165, 1.54) is 6.07 Å². The van der Waals surface area contributed by atoms with E-state index in [9.17, 15) is 9.59 Å². The number of amides is 1. The second-order valence-corrected chi connectivity index (χ2v) is 6.52. The molecule has 0 saturated carbocycles. The molecule has 2 fully saturated rings. The molecule has 2 aliphatic rings. The van der Waals surface area contributed by atoms with Crippen molar-refractivity contribution in [3.8, 4) is 0 Å². The van der Waals surface area contributed by atoms with E-state index in [2.05, 4.69) is 15.2 Å². The number of piperidine rings is 2. The number of hydrogen-bond donors (Lipinski definition) is 1. The summed E-state index contributed by atoms with van der Waals surface area (Å²) < 4.78 is 1.72.